The molecule has 1 heterocycles. The fraction of sp³-hybridized carbons (Fsp3) is 0.474. The maximum Gasteiger partial charge on any atom is 0.259 e. The van der Waals surface area contributed by atoms with Crippen LogP contribution in [-0.4, -0.2) is 25.1 Å². The van der Waals surface area contributed by atoms with Crippen molar-refractivity contribution in [2.75, 3.05) is 14.2 Å². The number of rotatable bonds is 7. The second-order valence-corrected chi connectivity index (χ2v) is 7.62. The van der Waals surface area contributed by atoms with Gasteiger partial charge in [-0.1, -0.05) is 19.9 Å². The van der Waals surface area contributed by atoms with E-state index in [-0.39, 0.29) is 11.9 Å². The van der Waals surface area contributed by atoms with Gasteiger partial charge in [-0.3, -0.25) is 4.79 Å². The molecule has 1 unspecified atom stereocenters. The third kappa shape index (κ3) is 4.51. The number of thiazole rings is 1. The lowest BCUT2D eigenvalue weighted by Crippen LogP contribution is -2.30. The zero-order valence-electron chi connectivity index (χ0n) is 15.7. The van der Waals surface area contributed by atoms with E-state index in [1.807, 2.05) is 13.8 Å². The third-order valence-electron chi connectivity index (χ3n) is 4.01. The fourth-order valence-corrected chi connectivity index (χ4v) is 3.63. The summed E-state index contributed by atoms with van der Waals surface area (Å²) in [5.41, 5.74) is 1.42. The SMILES string of the molecule is COc1cccc(OC)c1C(=O)NC(CC(C)C)c1nc(C)c(C)s1. The van der Waals surface area contributed by atoms with Crippen LogP contribution in [-0.2, 0) is 0 Å². The van der Waals surface area contributed by atoms with Crippen molar-refractivity contribution < 1.29 is 14.3 Å². The molecule has 0 fully saturated rings. The maximum absolute atomic E-state index is 13.0. The zero-order valence-corrected chi connectivity index (χ0v) is 16.5. The highest BCUT2D eigenvalue weighted by Gasteiger charge is 2.24. The van der Waals surface area contributed by atoms with Gasteiger partial charge in [-0.15, -0.1) is 11.3 Å². The molecule has 1 N–H and O–H groups in total. The van der Waals surface area contributed by atoms with Crippen LogP contribution in [0, 0.1) is 19.8 Å². The highest BCUT2D eigenvalue weighted by Crippen LogP contribution is 2.31. The van der Waals surface area contributed by atoms with Gasteiger partial charge in [0.05, 0.1) is 26.0 Å². The van der Waals surface area contributed by atoms with E-state index in [1.165, 1.54) is 4.88 Å². The molecule has 6 heteroatoms. The van der Waals surface area contributed by atoms with Crippen molar-refractivity contribution in [3.63, 3.8) is 0 Å². The average Bonchev–Trinajstić information content (AvgIpc) is 2.92. The topological polar surface area (TPSA) is 60.5 Å². The summed E-state index contributed by atoms with van der Waals surface area (Å²) in [4.78, 5) is 18.8. The van der Waals surface area contributed by atoms with Gasteiger partial charge in [0.1, 0.15) is 22.1 Å². The van der Waals surface area contributed by atoms with Crippen LogP contribution < -0.4 is 14.8 Å². The molecule has 2 aromatic rings. The third-order valence-corrected chi connectivity index (χ3v) is 5.20. The Morgan fingerprint density at radius 1 is 1.20 bits per heavy atom. The van der Waals surface area contributed by atoms with Gasteiger partial charge in [-0.05, 0) is 38.3 Å². The Morgan fingerprint density at radius 2 is 1.80 bits per heavy atom. The van der Waals surface area contributed by atoms with Crippen LogP contribution in [0.25, 0.3) is 0 Å². The number of hydrogen-bond acceptors (Lipinski definition) is 5. The van der Waals surface area contributed by atoms with Gasteiger partial charge in [-0.25, -0.2) is 4.98 Å². The van der Waals surface area contributed by atoms with Crippen LogP contribution in [0.3, 0.4) is 0 Å². The number of nitrogens with zero attached hydrogens (tertiary/aromatic N) is 1. The fourth-order valence-electron chi connectivity index (χ4n) is 2.64. The first kappa shape index (κ1) is 19.2. The maximum atomic E-state index is 13.0. The van der Waals surface area contributed by atoms with Crippen molar-refractivity contribution in [3.8, 4) is 11.5 Å². The molecule has 0 radical (unpaired) electrons. The number of carbonyl (C=O) groups excluding carboxylic acids is 1. The van der Waals surface area contributed by atoms with Crippen molar-refractivity contribution in [1.29, 1.82) is 0 Å². The lowest BCUT2D eigenvalue weighted by molar-refractivity contribution is 0.0925. The quantitative estimate of drug-likeness (QED) is 0.798. The molecule has 1 aromatic heterocycles. The number of hydrogen-bond donors (Lipinski definition) is 1. The minimum Gasteiger partial charge on any atom is -0.496 e. The summed E-state index contributed by atoms with van der Waals surface area (Å²) in [5.74, 6) is 1.19. The Bertz CT molecular complexity index is 699. The summed E-state index contributed by atoms with van der Waals surface area (Å²) >= 11 is 1.63. The van der Waals surface area contributed by atoms with Crippen LogP contribution in [0.4, 0.5) is 0 Å². The van der Waals surface area contributed by atoms with Gasteiger partial charge in [0, 0.05) is 4.88 Å². The molecule has 25 heavy (non-hydrogen) atoms. The molecule has 0 saturated carbocycles. The molecule has 1 aromatic carbocycles. The highest BCUT2D eigenvalue weighted by molar-refractivity contribution is 7.11. The number of nitrogens with one attached hydrogen (secondary N) is 1. The second-order valence-electron chi connectivity index (χ2n) is 6.39. The van der Waals surface area contributed by atoms with Gasteiger partial charge in [0.15, 0.2) is 0 Å². The van der Waals surface area contributed by atoms with E-state index in [0.29, 0.717) is 23.0 Å². The summed E-state index contributed by atoms with van der Waals surface area (Å²) in [7, 11) is 3.09. The van der Waals surface area contributed by atoms with Crippen molar-refractivity contribution in [3.05, 3.63) is 39.3 Å². The van der Waals surface area contributed by atoms with Gasteiger partial charge < -0.3 is 14.8 Å². The zero-order chi connectivity index (χ0) is 18.6. The van der Waals surface area contributed by atoms with Crippen molar-refractivity contribution >= 4 is 17.2 Å². The van der Waals surface area contributed by atoms with Crippen molar-refractivity contribution in [1.82, 2.24) is 10.3 Å². The molecule has 5 nitrogen and oxygen atoms in total. The predicted octanol–water partition coefficient (Wildman–Crippen LogP) is 4.29. The number of amides is 1. The standard InChI is InChI=1S/C19H26N2O3S/c1-11(2)10-14(19-20-12(3)13(4)25-19)21-18(22)17-15(23-5)8-7-9-16(17)24-6/h7-9,11,14H,10H2,1-6H3,(H,21,22). The number of benzene rings is 1. The molecule has 2 rings (SSSR count). The van der Waals surface area contributed by atoms with Gasteiger partial charge in [0.25, 0.3) is 5.91 Å². The van der Waals surface area contributed by atoms with Crippen LogP contribution in [0.5, 0.6) is 11.5 Å². The molecule has 0 saturated heterocycles. The summed E-state index contributed by atoms with van der Waals surface area (Å²) < 4.78 is 10.7. The molecule has 0 aliphatic heterocycles. The smallest absolute Gasteiger partial charge is 0.259 e. The summed E-state index contributed by atoms with van der Waals surface area (Å²) in [6, 6.07) is 5.17. The Balaban J connectivity index is 2.34. The van der Waals surface area contributed by atoms with E-state index < -0.39 is 0 Å². The Hall–Kier alpha value is -2.08. The number of aryl methyl sites for hydroxylation is 2. The molecular formula is C19H26N2O3S. The Morgan fingerprint density at radius 3 is 2.24 bits per heavy atom. The lowest BCUT2D eigenvalue weighted by Gasteiger charge is -2.20. The van der Waals surface area contributed by atoms with Crippen LogP contribution >= 0.6 is 11.3 Å². The summed E-state index contributed by atoms with van der Waals surface area (Å²) in [6.45, 7) is 8.31. The molecule has 136 valence electrons. The Labute approximate surface area is 153 Å². The van der Waals surface area contributed by atoms with Crippen LogP contribution in [0.1, 0.15) is 52.2 Å². The normalized spacial score (nSPS) is 12.1. The van der Waals surface area contributed by atoms with E-state index in [0.717, 1.165) is 17.1 Å². The summed E-state index contributed by atoms with van der Waals surface area (Å²) in [6.07, 6.45) is 0.815. The highest BCUT2D eigenvalue weighted by atomic mass is 32.1. The van der Waals surface area contributed by atoms with E-state index in [1.54, 1.807) is 43.8 Å². The van der Waals surface area contributed by atoms with Crippen molar-refractivity contribution in [2.45, 2.75) is 40.2 Å². The minimum atomic E-state index is -0.217. The first-order valence-corrected chi connectivity index (χ1v) is 9.14. The molecule has 0 bridgehead atoms. The number of ether oxygens (including phenoxy) is 2. The average molecular weight is 362 g/mol. The van der Waals surface area contributed by atoms with Crippen LogP contribution in [0.15, 0.2) is 18.2 Å². The molecule has 0 aliphatic rings. The lowest BCUT2D eigenvalue weighted by atomic mass is 10.0. The minimum absolute atomic E-state index is 0.139. The first-order chi connectivity index (χ1) is 11.9. The van der Waals surface area contributed by atoms with Gasteiger partial charge in [-0.2, -0.15) is 0 Å². The molecule has 0 aliphatic carbocycles. The van der Waals surface area contributed by atoms with Crippen LogP contribution in [0.2, 0.25) is 0 Å². The molecular weight excluding hydrogens is 336 g/mol. The van der Waals surface area contributed by atoms with E-state index in [4.69, 9.17) is 9.47 Å². The first-order valence-electron chi connectivity index (χ1n) is 8.33. The van der Waals surface area contributed by atoms with E-state index in [2.05, 4.69) is 24.1 Å². The number of methoxy groups -OCH3 is 2. The number of aromatic nitrogens is 1. The van der Waals surface area contributed by atoms with Gasteiger partial charge >= 0.3 is 0 Å². The van der Waals surface area contributed by atoms with E-state index >= 15 is 0 Å². The summed E-state index contributed by atoms with van der Waals surface area (Å²) in [5, 5.41) is 4.06. The predicted molar refractivity (Wildman–Crippen MR) is 101 cm³/mol. The largest absolute Gasteiger partial charge is 0.496 e. The monoisotopic (exact) mass is 362 g/mol. The van der Waals surface area contributed by atoms with E-state index in [9.17, 15) is 4.79 Å². The Kier molecular flexibility index (Phi) is 6.42. The molecule has 0 spiro atoms. The second kappa shape index (κ2) is 8.34. The molecule has 1 atom stereocenters. The molecule has 1 amide bonds. The van der Waals surface area contributed by atoms with Crippen molar-refractivity contribution in [2.24, 2.45) is 5.92 Å². The number of carbonyl (C=O) groups is 1. The van der Waals surface area contributed by atoms with Gasteiger partial charge in [0.2, 0.25) is 0 Å².